The number of alkyl halides is 1. The number of hydrazone groups is 1. The lowest BCUT2D eigenvalue weighted by atomic mass is 9.98. The molecule has 1 N–H and O–H groups in total. The lowest BCUT2D eigenvalue weighted by molar-refractivity contribution is -0.117. The second-order valence-electron chi connectivity index (χ2n) is 10.5. The number of hydrogen-bond donors (Lipinski definition) is 1. The summed E-state index contributed by atoms with van der Waals surface area (Å²) in [6.07, 6.45) is 13.3. The molecule has 1 unspecified atom stereocenters. The third-order valence-electron chi connectivity index (χ3n) is 7.38. The first-order chi connectivity index (χ1) is 20.2. The van der Waals surface area contributed by atoms with Crippen molar-refractivity contribution in [1.29, 1.82) is 0 Å². The van der Waals surface area contributed by atoms with Crippen LogP contribution in [-0.4, -0.2) is 82.4 Å². The average Bonchev–Trinajstić information content (AvgIpc) is 3.00. The Morgan fingerprint density at radius 1 is 1.29 bits per heavy atom. The van der Waals surface area contributed by atoms with E-state index in [-0.39, 0.29) is 42.9 Å². The van der Waals surface area contributed by atoms with Crippen LogP contribution in [0.5, 0.6) is 5.75 Å². The maximum Gasteiger partial charge on any atom is 0.293 e. The topological polar surface area (TPSA) is 98.5 Å². The van der Waals surface area contributed by atoms with E-state index in [0.29, 0.717) is 42.8 Å². The van der Waals surface area contributed by atoms with Gasteiger partial charge in [-0.25, -0.2) is 4.39 Å². The van der Waals surface area contributed by atoms with E-state index in [9.17, 15) is 23.9 Å². The second-order valence-corrected chi connectivity index (χ2v) is 10.5. The Labute approximate surface area is 249 Å². The number of carbonyl (C=O) groups is 2. The second kappa shape index (κ2) is 17.1. The lowest BCUT2D eigenvalue weighted by Gasteiger charge is -2.33. The molecule has 0 saturated heterocycles. The summed E-state index contributed by atoms with van der Waals surface area (Å²) in [6.45, 7) is 14.7. The molecule has 0 radical (unpaired) electrons. The van der Waals surface area contributed by atoms with Crippen molar-refractivity contribution < 1.29 is 19.1 Å². The Bertz CT molecular complexity index is 1250. The van der Waals surface area contributed by atoms with E-state index < -0.39 is 12.2 Å². The molecule has 0 aromatic carbocycles. The van der Waals surface area contributed by atoms with Gasteiger partial charge in [0.25, 0.3) is 11.5 Å². The number of allylic oxidation sites excluding steroid dienone is 3. The number of rotatable bonds is 12. The normalized spacial score (nSPS) is 17.3. The molecule has 1 aromatic heterocycles. The fraction of sp³-hybridized carbons (Fsp3) is 0.500. The van der Waals surface area contributed by atoms with Gasteiger partial charge in [0.2, 0.25) is 6.41 Å². The minimum Gasteiger partial charge on any atom is -0.503 e. The van der Waals surface area contributed by atoms with Crippen molar-refractivity contribution in [3.05, 3.63) is 75.9 Å². The number of fused-ring (bicyclic) bond motifs is 1. The number of amides is 2. The first kappa shape index (κ1) is 34.3. The van der Waals surface area contributed by atoms with Crippen LogP contribution >= 0.6 is 0 Å². The van der Waals surface area contributed by atoms with Crippen molar-refractivity contribution in [3.8, 4) is 5.75 Å². The molecular weight excluding hydrogens is 537 g/mol. The highest BCUT2D eigenvalue weighted by Gasteiger charge is 2.31. The number of aromatic hydroxyl groups is 1. The molecule has 0 saturated carbocycles. The van der Waals surface area contributed by atoms with Crippen molar-refractivity contribution in [3.63, 3.8) is 0 Å². The molecule has 42 heavy (non-hydrogen) atoms. The zero-order valence-electron chi connectivity index (χ0n) is 25.5. The minimum absolute atomic E-state index is 0.257. The van der Waals surface area contributed by atoms with E-state index in [0.717, 1.165) is 31.2 Å². The van der Waals surface area contributed by atoms with Gasteiger partial charge in [-0.1, -0.05) is 25.2 Å². The number of nitrogens with zero attached hydrogens (tertiary/aromatic N) is 5. The van der Waals surface area contributed by atoms with Crippen molar-refractivity contribution in [2.24, 2.45) is 5.10 Å². The van der Waals surface area contributed by atoms with Gasteiger partial charge < -0.3 is 14.9 Å². The number of aromatic nitrogens is 1. The minimum atomic E-state index is -0.574. The van der Waals surface area contributed by atoms with Gasteiger partial charge >= 0.3 is 0 Å². The van der Waals surface area contributed by atoms with Crippen LogP contribution in [-0.2, 0) is 11.2 Å². The standard InChI is InChI=1S/C30H42FN5O4.C2H4/c1-5-9-25(18-22(2)19-31)20-33(21-37)15-11-26-24(4)28(38)30(40)36-23(3)10-8-13-34(29(39)27(26)36)16-17-35-14-7-6-12-32-35;1-2/h7,9,12,14,18,21,23,38H,5-6,8,10-11,13,15-17,19-20H2,1-4H3;1-2H2/b22-18-,25-9+;. The maximum absolute atomic E-state index is 14.0. The summed E-state index contributed by atoms with van der Waals surface area (Å²) in [5.74, 6) is -0.638. The molecule has 3 heterocycles. The van der Waals surface area contributed by atoms with Crippen molar-refractivity contribution in [2.75, 3.05) is 39.4 Å². The fourth-order valence-electron chi connectivity index (χ4n) is 5.21. The number of pyridine rings is 1. The Hall–Kier alpha value is -3.95. The zero-order valence-corrected chi connectivity index (χ0v) is 25.5. The van der Waals surface area contributed by atoms with Crippen LogP contribution in [0, 0.1) is 6.92 Å². The molecule has 230 valence electrons. The molecule has 2 aliphatic rings. The molecule has 1 aromatic rings. The Balaban J connectivity index is 0.00000301. The van der Waals surface area contributed by atoms with Crippen molar-refractivity contribution >= 4 is 18.5 Å². The van der Waals surface area contributed by atoms with Gasteiger partial charge in [-0.05, 0) is 63.2 Å². The van der Waals surface area contributed by atoms with Crippen LogP contribution in [0.2, 0.25) is 0 Å². The molecule has 10 heteroatoms. The monoisotopic (exact) mass is 583 g/mol. The largest absolute Gasteiger partial charge is 0.503 e. The Kier molecular flexibility index (Phi) is 14.0. The number of carbonyl (C=O) groups excluding carboxylic acids is 2. The molecule has 2 aliphatic heterocycles. The quantitative estimate of drug-likeness (QED) is 0.214. The van der Waals surface area contributed by atoms with Gasteiger partial charge in [0.15, 0.2) is 5.75 Å². The van der Waals surface area contributed by atoms with E-state index >= 15 is 0 Å². The van der Waals surface area contributed by atoms with Gasteiger partial charge in [-0.2, -0.15) is 5.10 Å². The van der Waals surface area contributed by atoms with E-state index in [4.69, 9.17) is 0 Å². The summed E-state index contributed by atoms with van der Waals surface area (Å²) >= 11 is 0. The van der Waals surface area contributed by atoms with Gasteiger partial charge in [0.05, 0.1) is 6.54 Å². The van der Waals surface area contributed by atoms with Gasteiger partial charge in [0.1, 0.15) is 12.4 Å². The average molecular weight is 584 g/mol. The van der Waals surface area contributed by atoms with Gasteiger partial charge in [0, 0.05) is 56.6 Å². The summed E-state index contributed by atoms with van der Waals surface area (Å²) in [4.78, 5) is 42.6. The predicted octanol–water partition coefficient (Wildman–Crippen LogP) is 4.92. The van der Waals surface area contributed by atoms with Crippen LogP contribution in [0.15, 0.2) is 58.6 Å². The summed E-state index contributed by atoms with van der Waals surface area (Å²) in [5, 5.41) is 16.9. The Morgan fingerprint density at radius 2 is 2.02 bits per heavy atom. The molecule has 1 atom stereocenters. The molecule has 0 spiro atoms. The third kappa shape index (κ3) is 8.77. The Morgan fingerprint density at radius 3 is 2.64 bits per heavy atom. The molecule has 2 amide bonds. The highest BCUT2D eigenvalue weighted by Crippen LogP contribution is 2.28. The van der Waals surface area contributed by atoms with Gasteiger partial charge in [-0.3, -0.25) is 24.0 Å². The molecule has 0 aliphatic carbocycles. The molecular formula is C32H46FN5O4. The third-order valence-corrected chi connectivity index (χ3v) is 7.38. The molecule has 3 rings (SSSR count). The summed E-state index contributed by atoms with van der Waals surface area (Å²) in [6, 6.07) is -0.274. The highest BCUT2D eigenvalue weighted by molar-refractivity contribution is 5.95. The molecule has 0 fully saturated rings. The molecule has 0 bridgehead atoms. The predicted molar refractivity (Wildman–Crippen MR) is 167 cm³/mol. The van der Waals surface area contributed by atoms with E-state index in [2.05, 4.69) is 18.3 Å². The maximum atomic E-state index is 14.0. The van der Waals surface area contributed by atoms with Crippen molar-refractivity contribution in [1.82, 2.24) is 19.4 Å². The first-order valence-corrected chi connectivity index (χ1v) is 14.5. The van der Waals surface area contributed by atoms with E-state index in [1.807, 2.05) is 38.4 Å². The van der Waals surface area contributed by atoms with Crippen molar-refractivity contribution in [2.45, 2.75) is 65.8 Å². The van der Waals surface area contributed by atoms with Crippen LogP contribution in [0.4, 0.5) is 4.39 Å². The number of halogens is 1. The lowest BCUT2D eigenvalue weighted by Crippen LogP contribution is -2.43. The van der Waals surface area contributed by atoms with Gasteiger partial charge in [-0.15, -0.1) is 13.2 Å². The van der Waals surface area contributed by atoms with E-state index in [1.54, 1.807) is 34.7 Å². The fourth-order valence-corrected chi connectivity index (χ4v) is 5.21. The summed E-state index contributed by atoms with van der Waals surface area (Å²) in [5.41, 5.74) is 2.00. The smallest absolute Gasteiger partial charge is 0.293 e. The summed E-state index contributed by atoms with van der Waals surface area (Å²) < 4.78 is 14.5. The summed E-state index contributed by atoms with van der Waals surface area (Å²) in [7, 11) is 0. The first-order valence-electron chi connectivity index (χ1n) is 14.5. The molecule has 9 nitrogen and oxygen atoms in total. The SMILES string of the molecule is C=C.CC/C=C(\C=C(\C)CF)CN(C=O)CCc1c(C)c(O)c(=O)n2c1C(=O)N(CCN1C=CCC=N1)CCCC2C. The van der Waals surface area contributed by atoms with Crippen LogP contribution in [0.25, 0.3) is 0 Å². The van der Waals surface area contributed by atoms with Crippen LogP contribution in [0.1, 0.15) is 74.1 Å². The van der Waals surface area contributed by atoms with Crippen LogP contribution < -0.4 is 5.56 Å². The highest BCUT2D eigenvalue weighted by atomic mass is 19.1. The number of hydrogen-bond acceptors (Lipinski definition) is 6. The van der Waals surface area contributed by atoms with Crippen LogP contribution in [0.3, 0.4) is 0 Å². The zero-order chi connectivity index (χ0) is 31.2. The van der Waals surface area contributed by atoms with E-state index in [1.165, 1.54) is 4.57 Å².